The maximum Gasteiger partial charge on any atom is 0.259 e. The average Bonchev–Trinajstić information content (AvgIpc) is 3.48. The second-order valence-electron chi connectivity index (χ2n) is 8.66. The molecule has 3 aromatic rings. The van der Waals surface area contributed by atoms with Gasteiger partial charge in [0.15, 0.2) is 11.0 Å². The summed E-state index contributed by atoms with van der Waals surface area (Å²) in [7, 11) is 1.59. The molecule has 3 heterocycles. The standard InChI is InChI=1S/C26H25N7O4S/c1-15-11-21(32-31-15)30-23(35)14-38-26-29-19-6-4-3-5-18(19)24-28-20(25(36)33(24)26)12-22(34)27-13-16-7-9-17(37-2)10-8-16/h3-11,20H,12-14H2,1-2H3,(H,27,34)(H2,30,31,32,35). The van der Waals surface area contributed by atoms with Gasteiger partial charge in [-0.3, -0.25) is 24.5 Å². The molecule has 0 bridgehead atoms. The molecular weight excluding hydrogens is 506 g/mol. The van der Waals surface area contributed by atoms with Crippen LogP contribution >= 0.6 is 11.8 Å². The van der Waals surface area contributed by atoms with E-state index in [1.165, 1.54) is 4.90 Å². The summed E-state index contributed by atoms with van der Waals surface area (Å²) in [5, 5.41) is 12.7. The predicted octanol–water partition coefficient (Wildman–Crippen LogP) is 2.76. The van der Waals surface area contributed by atoms with Crippen LogP contribution in [0.25, 0.3) is 0 Å². The molecule has 12 heteroatoms. The number of para-hydroxylation sites is 1. The Bertz CT molecular complexity index is 1450. The third-order valence-corrected chi connectivity index (χ3v) is 6.82. The second kappa shape index (κ2) is 10.9. The van der Waals surface area contributed by atoms with Crippen LogP contribution in [0.1, 0.15) is 23.2 Å². The molecule has 0 saturated carbocycles. The summed E-state index contributed by atoms with van der Waals surface area (Å²) in [5.41, 5.74) is 3.07. The molecule has 0 spiro atoms. The Morgan fingerprint density at radius 2 is 1.92 bits per heavy atom. The van der Waals surface area contributed by atoms with Crippen molar-refractivity contribution in [3.05, 3.63) is 71.4 Å². The van der Waals surface area contributed by atoms with Gasteiger partial charge in [-0.2, -0.15) is 5.10 Å². The minimum atomic E-state index is -0.890. The van der Waals surface area contributed by atoms with E-state index in [1.807, 2.05) is 55.5 Å². The number of aryl methyl sites for hydroxylation is 1. The lowest BCUT2D eigenvalue weighted by molar-refractivity contribution is -0.128. The van der Waals surface area contributed by atoms with Crippen LogP contribution in [0.5, 0.6) is 5.75 Å². The molecule has 1 unspecified atom stereocenters. The Balaban J connectivity index is 1.26. The third kappa shape index (κ3) is 5.44. The van der Waals surface area contributed by atoms with Crippen molar-refractivity contribution >= 4 is 52.0 Å². The Labute approximate surface area is 222 Å². The van der Waals surface area contributed by atoms with Crippen LogP contribution in [0.15, 0.2) is 64.6 Å². The quantitative estimate of drug-likeness (QED) is 0.408. The summed E-state index contributed by atoms with van der Waals surface area (Å²) in [5.74, 6) is 0.650. The lowest BCUT2D eigenvalue weighted by Gasteiger charge is -2.25. The Morgan fingerprint density at radius 3 is 2.66 bits per heavy atom. The molecule has 0 aliphatic carbocycles. The molecule has 0 fully saturated rings. The van der Waals surface area contributed by atoms with Crippen molar-refractivity contribution in [1.82, 2.24) is 20.4 Å². The maximum absolute atomic E-state index is 13.4. The van der Waals surface area contributed by atoms with E-state index >= 15 is 0 Å². The molecule has 1 aromatic heterocycles. The number of carbonyl (C=O) groups excluding carboxylic acids is 3. The number of rotatable bonds is 8. The van der Waals surface area contributed by atoms with E-state index in [0.29, 0.717) is 34.6 Å². The number of hydrogen-bond donors (Lipinski definition) is 3. The Hall–Kier alpha value is -4.45. The Kier molecular flexibility index (Phi) is 7.22. The zero-order valence-corrected chi connectivity index (χ0v) is 21.5. The highest BCUT2D eigenvalue weighted by Gasteiger charge is 2.42. The number of H-pyrrole nitrogens is 1. The van der Waals surface area contributed by atoms with Gasteiger partial charge >= 0.3 is 0 Å². The summed E-state index contributed by atoms with van der Waals surface area (Å²) in [4.78, 5) is 49.2. The number of aromatic amines is 1. The van der Waals surface area contributed by atoms with Crippen LogP contribution in [0.4, 0.5) is 11.5 Å². The molecule has 3 N–H and O–H groups in total. The summed E-state index contributed by atoms with van der Waals surface area (Å²) in [6.45, 7) is 2.15. The van der Waals surface area contributed by atoms with Crippen molar-refractivity contribution in [2.45, 2.75) is 25.9 Å². The number of methoxy groups -OCH3 is 1. The van der Waals surface area contributed by atoms with Crippen molar-refractivity contribution < 1.29 is 19.1 Å². The number of ether oxygens (including phenoxy) is 1. The summed E-state index contributed by atoms with van der Waals surface area (Å²) in [6, 6.07) is 15.5. The van der Waals surface area contributed by atoms with Crippen LogP contribution in [0, 0.1) is 6.92 Å². The SMILES string of the molecule is COc1ccc(CNC(=O)CC2N=C3c4ccccc4N=C(SCC(=O)Nc4cc(C)[nH]n4)N3C2=O)cc1. The highest BCUT2D eigenvalue weighted by atomic mass is 32.2. The normalized spacial score (nSPS) is 15.8. The molecule has 1 atom stereocenters. The minimum Gasteiger partial charge on any atom is -0.497 e. The number of thioether (sulfide) groups is 1. The first-order chi connectivity index (χ1) is 18.4. The smallest absolute Gasteiger partial charge is 0.259 e. The fourth-order valence-corrected chi connectivity index (χ4v) is 4.82. The van der Waals surface area contributed by atoms with Gasteiger partial charge in [0.25, 0.3) is 5.91 Å². The number of amides is 3. The molecule has 0 radical (unpaired) electrons. The van der Waals surface area contributed by atoms with Crippen molar-refractivity contribution in [3.63, 3.8) is 0 Å². The minimum absolute atomic E-state index is 0.0109. The summed E-state index contributed by atoms with van der Waals surface area (Å²) >= 11 is 1.12. The van der Waals surface area contributed by atoms with Crippen LogP contribution in [-0.2, 0) is 20.9 Å². The molecule has 194 valence electrons. The van der Waals surface area contributed by atoms with Crippen molar-refractivity contribution in [2.75, 3.05) is 18.2 Å². The number of carbonyl (C=O) groups is 3. The largest absolute Gasteiger partial charge is 0.497 e. The topological polar surface area (TPSA) is 141 Å². The maximum atomic E-state index is 13.4. The van der Waals surface area contributed by atoms with E-state index in [2.05, 4.69) is 30.8 Å². The lowest BCUT2D eigenvalue weighted by Crippen LogP contribution is -2.42. The molecule has 3 amide bonds. The molecule has 2 aliphatic rings. The fourth-order valence-electron chi connectivity index (χ4n) is 4.01. The fraction of sp³-hybridized carbons (Fsp3) is 0.231. The van der Waals surface area contributed by atoms with Crippen LogP contribution in [-0.4, -0.2) is 62.7 Å². The van der Waals surface area contributed by atoms with E-state index in [1.54, 1.807) is 13.2 Å². The van der Waals surface area contributed by atoms with Gasteiger partial charge in [-0.25, -0.2) is 9.89 Å². The number of nitrogens with one attached hydrogen (secondary N) is 3. The number of aromatic nitrogens is 2. The van der Waals surface area contributed by atoms with Gasteiger partial charge in [0.05, 0.1) is 25.0 Å². The van der Waals surface area contributed by atoms with E-state index in [0.717, 1.165) is 28.8 Å². The van der Waals surface area contributed by atoms with Gasteiger partial charge in [0.2, 0.25) is 11.8 Å². The third-order valence-electron chi connectivity index (χ3n) is 5.88. The van der Waals surface area contributed by atoms with Gasteiger partial charge in [-0.15, -0.1) is 0 Å². The monoisotopic (exact) mass is 531 g/mol. The number of fused-ring (bicyclic) bond motifs is 3. The van der Waals surface area contributed by atoms with Gasteiger partial charge in [0.1, 0.15) is 17.6 Å². The number of benzene rings is 2. The molecular formula is C26H25N7O4S. The highest BCUT2D eigenvalue weighted by Crippen LogP contribution is 2.34. The van der Waals surface area contributed by atoms with Gasteiger partial charge in [-0.1, -0.05) is 36.0 Å². The lowest BCUT2D eigenvalue weighted by atomic mass is 10.1. The summed E-state index contributed by atoms with van der Waals surface area (Å²) in [6.07, 6.45) is -0.103. The molecule has 0 saturated heterocycles. The van der Waals surface area contributed by atoms with Gasteiger partial charge in [-0.05, 0) is 36.8 Å². The van der Waals surface area contributed by atoms with E-state index in [4.69, 9.17) is 4.74 Å². The first-order valence-electron chi connectivity index (χ1n) is 11.9. The number of anilines is 1. The van der Waals surface area contributed by atoms with Gasteiger partial charge < -0.3 is 15.4 Å². The first-order valence-corrected chi connectivity index (χ1v) is 12.8. The van der Waals surface area contributed by atoms with Crippen molar-refractivity contribution in [1.29, 1.82) is 0 Å². The van der Waals surface area contributed by atoms with E-state index < -0.39 is 6.04 Å². The van der Waals surface area contributed by atoms with E-state index in [-0.39, 0.29) is 29.9 Å². The summed E-state index contributed by atoms with van der Waals surface area (Å²) < 4.78 is 5.15. The second-order valence-corrected chi connectivity index (χ2v) is 9.60. The number of aliphatic imine (C=N–C) groups is 2. The Morgan fingerprint density at radius 1 is 1.13 bits per heavy atom. The van der Waals surface area contributed by atoms with Crippen LogP contribution in [0.3, 0.4) is 0 Å². The highest BCUT2D eigenvalue weighted by molar-refractivity contribution is 8.14. The molecule has 2 aliphatic heterocycles. The zero-order chi connectivity index (χ0) is 26.6. The molecule has 38 heavy (non-hydrogen) atoms. The van der Waals surface area contributed by atoms with Crippen molar-refractivity contribution in [2.24, 2.45) is 9.98 Å². The van der Waals surface area contributed by atoms with Crippen LogP contribution < -0.4 is 15.4 Å². The number of nitrogens with zero attached hydrogens (tertiary/aromatic N) is 4. The average molecular weight is 532 g/mol. The molecule has 2 aromatic carbocycles. The van der Waals surface area contributed by atoms with E-state index in [9.17, 15) is 14.4 Å². The van der Waals surface area contributed by atoms with Crippen LogP contribution in [0.2, 0.25) is 0 Å². The zero-order valence-electron chi connectivity index (χ0n) is 20.7. The van der Waals surface area contributed by atoms with Crippen molar-refractivity contribution in [3.8, 4) is 5.75 Å². The molecule has 11 nitrogen and oxygen atoms in total. The number of amidine groups is 2. The predicted molar refractivity (Wildman–Crippen MR) is 145 cm³/mol. The first kappa shape index (κ1) is 25.2. The number of hydrogen-bond acceptors (Lipinski definition) is 8. The molecule has 5 rings (SSSR count). The van der Waals surface area contributed by atoms with Gasteiger partial charge in [0, 0.05) is 23.9 Å².